The van der Waals surface area contributed by atoms with Gasteiger partial charge < -0.3 is 19.6 Å². The number of methoxy groups -OCH3 is 1. The molecule has 0 N–H and O–H groups in total. The van der Waals surface area contributed by atoms with Crippen LogP contribution in [0.25, 0.3) is 0 Å². The molecule has 0 atom stereocenters. The predicted octanol–water partition coefficient (Wildman–Crippen LogP) is 1.71. The lowest BCUT2D eigenvalue weighted by molar-refractivity contribution is -0.393. The third-order valence-electron chi connectivity index (χ3n) is 1.68. The minimum atomic E-state index is -5.14. The van der Waals surface area contributed by atoms with E-state index in [2.05, 4.69) is 14.5 Å². The summed E-state index contributed by atoms with van der Waals surface area (Å²) in [7, 11) is 1.06. The maximum atomic E-state index is 12.0. The molecular formula is C8H5F3N2O5. The van der Waals surface area contributed by atoms with E-state index in [1.54, 1.807) is 0 Å². The van der Waals surface area contributed by atoms with Crippen molar-refractivity contribution in [2.24, 2.45) is 0 Å². The monoisotopic (exact) mass is 266 g/mol. The first-order chi connectivity index (χ1) is 8.28. The minimum absolute atomic E-state index is 0.138. The van der Waals surface area contributed by atoms with Crippen molar-refractivity contribution in [1.29, 1.82) is 0 Å². The molecule has 0 unspecified atom stereocenters. The Morgan fingerprint density at radius 3 is 2.50 bits per heavy atom. The second-order valence-corrected chi connectivity index (χ2v) is 2.83. The predicted molar refractivity (Wildman–Crippen MR) is 49.5 cm³/mol. The van der Waals surface area contributed by atoms with E-state index in [-0.39, 0.29) is 6.29 Å². The Morgan fingerprint density at radius 2 is 2.11 bits per heavy atom. The van der Waals surface area contributed by atoms with E-state index in [4.69, 9.17) is 0 Å². The van der Waals surface area contributed by atoms with Gasteiger partial charge in [0.1, 0.15) is 5.56 Å². The number of hydrogen-bond donors (Lipinski definition) is 0. The third-order valence-corrected chi connectivity index (χ3v) is 1.68. The average Bonchev–Trinajstić information content (AvgIpc) is 2.25. The normalized spacial score (nSPS) is 10.9. The number of hydrogen-bond acceptors (Lipinski definition) is 6. The van der Waals surface area contributed by atoms with Crippen molar-refractivity contribution in [3.63, 3.8) is 0 Å². The fraction of sp³-hybridized carbons (Fsp3) is 0.250. The van der Waals surface area contributed by atoms with Crippen LogP contribution >= 0.6 is 0 Å². The van der Waals surface area contributed by atoms with Gasteiger partial charge in [-0.25, -0.2) is 0 Å². The maximum Gasteiger partial charge on any atom is 0.573 e. The van der Waals surface area contributed by atoms with Gasteiger partial charge in [-0.2, -0.15) is 0 Å². The topological polar surface area (TPSA) is 91.6 Å². The van der Waals surface area contributed by atoms with Crippen LogP contribution in [0.3, 0.4) is 0 Å². The molecule has 0 spiro atoms. The van der Waals surface area contributed by atoms with Crippen molar-refractivity contribution >= 4 is 12.1 Å². The number of rotatable bonds is 4. The maximum absolute atomic E-state index is 12.0. The summed E-state index contributed by atoms with van der Waals surface area (Å²) in [5, 5.41) is 10.5. The summed E-state index contributed by atoms with van der Waals surface area (Å²) in [4.78, 5) is 23.1. The molecule has 1 rings (SSSR count). The van der Waals surface area contributed by atoms with Gasteiger partial charge in [-0.1, -0.05) is 0 Å². The molecule has 1 aromatic heterocycles. The molecule has 0 radical (unpaired) electrons. The summed E-state index contributed by atoms with van der Waals surface area (Å²) >= 11 is 0. The Balaban J connectivity index is 3.38. The number of halogens is 3. The van der Waals surface area contributed by atoms with Crippen LogP contribution in [0.4, 0.5) is 19.0 Å². The molecule has 0 saturated carbocycles. The molecule has 10 heteroatoms. The number of aromatic nitrogens is 1. The lowest BCUT2D eigenvalue weighted by Crippen LogP contribution is -2.18. The Bertz CT molecular complexity index is 488. The number of nitro groups is 1. The minimum Gasteiger partial charge on any atom is -0.462 e. The molecule has 0 aliphatic heterocycles. The molecule has 18 heavy (non-hydrogen) atoms. The highest BCUT2D eigenvalue weighted by molar-refractivity contribution is 5.79. The molecule has 1 heterocycles. The molecule has 1 aromatic rings. The first-order valence-electron chi connectivity index (χ1n) is 4.23. The quantitative estimate of drug-likeness (QED) is 0.468. The summed E-state index contributed by atoms with van der Waals surface area (Å²) in [6.07, 6.45) is -5.00. The highest BCUT2D eigenvalue weighted by atomic mass is 19.4. The molecule has 0 aliphatic carbocycles. The van der Waals surface area contributed by atoms with Gasteiger partial charge in [-0.15, -0.1) is 13.2 Å². The van der Waals surface area contributed by atoms with Crippen molar-refractivity contribution in [3.8, 4) is 11.6 Å². The summed E-state index contributed by atoms with van der Waals surface area (Å²) < 4.78 is 44.0. The Hall–Kier alpha value is -2.39. The SMILES string of the molecule is COc1nc([N+](=O)[O-])c(OC(F)(F)F)cc1C=O. The Morgan fingerprint density at radius 1 is 1.50 bits per heavy atom. The van der Waals surface area contributed by atoms with Crippen LogP contribution in [0.5, 0.6) is 11.6 Å². The van der Waals surface area contributed by atoms with Gasteiger partial charge in [0.2, 0.25) is 5.75 Å². The molecular weight excluding hydrogens is 261 g/mol. The van der Waals surface area contributed by atoms with Gasteiger partial charge >= 0.3 is 18.1 Å². The third kappa shape index (κ3) is 3.06. The van der Waals surface area contributed by atoms with Gasteiger partial charge in [-0.05, 0) is 4.92 Å². The summed E-state index contributed by atoms with van der Waals surface area (Å²) in [6.45, 7) is 0. The highest BCUT2D eigenvalue weighted by Crippen LogP contribution is 2.33. The van der Waals surface area contributed by atoms with E-state index >= 15 is 0 Å². The number of carbonyl (C=O) groups excluding carboxylic acids is 1. The van der Waals surface area contributed by atoms with Crippen LogP contribution in [-0.4, -0.2) is 29.7 Å². The van der Waals surface area contributed by atoms with Crippen molar-refractivity contribution in [2.45, 2.75) is 6.36 Å². The van der Waals surface area contributed by atoms with Gasteiger partial charge in [0.05, 0.1) is 7.11 Å². The van der Waals surface area contributed by atoms with Gasteiger partial charge in [0.25, 0.3) is 0 Å². The van der Waals surface area contributed by atoms with Gasteiger partial charge in [-0.3, -0.25) is 4.79 Å². The second-order valence-electron chi connectivity index (χ2n) is 2.83. The number of aldehydes is 1. The van der Waals surface area contributed by atoms with Crippen LogP contribution in [0.2, 0.25) is 0 Å². The number of alkyl halides is 3. The van der Waals surface area contributed by atoms with Crippen molar-refractivity contribution in [2.75, 3.05) is 7.11 Å². The van der Waals surface area contributed by atoms with Crippen molar-refractivity contribution in [3.05, 3.63) is 21.7 Å². The fourth-order valence-electron chi connectivity index (χ4n) is 1.06. The molecule has 0 saturated heterocycles. The van der Waals surface area contributed by atoms with Gasteiger partial charge in [0, 0.05) is 11.1 Å². The Labute approximate surface area is 97.3 Å². The first kappa shape index (κ1) is 13.7. The number of nitrogens with zero attached hydrogens (tertiary/aromatic N) is 2. The zero-order valence-electron chi connectivity index (χ0n) is 8.72. The standard InChI is InChI=1S/C8H5F3N2O5/c1-17-7-4(3-14)2-5(18-8(9,10)11)6(12-7)13(15)16/h2-3H,1H3. The van der Waals surface area contributed by atoms with E-state index in [0.29, 0.717) is 6.07 Å². The summed E-state index contributed by atoms with van der Waals surface area (Å²) in [6, 6.07) is 0.532. The molecule has 0 fully saturated rings. The van der Waals surface area contributed by atoms with Crippen molar-refractivity contribution in [1.82, 2.24) is 4.98 Å². The van der Waals surface area contributed by atoms with E-state index in [9.17, 15) is 28.1 Å². The van der Waals surface area contributed by atoms with Crippen LogP contribution in [0, 0.1) is 10.1 Å². The lowest BCUT2D eigenvalue weighted by Gasteiger charge is -2.09. The Kier molecular flexibility index (Phi) is 3.69. The van der Waals surface area contributed by atoms with E-state index in [1.165, 1.54) is 0 Å². The summed E-state index contributed by atoms with van der Waals surface area (Å²) in [5.41, 5.74) is -0.401. The molecule has 0 bridgehead atoms. The van der Waals surface area contributed by atoms with E-state index < -0.39 is 34.3 Å². The number of ether oxygens (including phenoxy) is 2. The zero-order valence-corrected chi connectivity index (χ0v) is 8.72. The zero-order chi connectivity index (χ0) is 13.9. The highest BCUT2D eigenvalue weighted by Gasteiger charge is 2.36. The smallest absolute Gasteiger partial charge is 0.462 e. The lowest BCUT2D eigenvalue weighted by atomic mass is 10.3. The molecule has 0 amide bonds. The van der Waals surface area contributed by atoms with E-state index in [0.717, 1.165) is 7.11 Å². The average molecular weight is 266 g/mol. The number of carbonyl (C=O) groups is 1. The second kappa shape index (κ2) is 4.85. The van der Waals surface area contributed by atoms with Crippen LogP contribution in [-0.2, 0) is 0 Å². The van der Waals surface area contributed by atoms with Gasteiger partial charge in [0.15, 0.2) is 6.29 Å². The van der Waals surface area contributed by atoms with Crippen molar-refractivity contribution < 1.29 is 32.4 Å². The van der Waals surface area contributed by atoms with E-state index in [1.807, 2.05) is 0 Å². The summed E-state index contributed by atoms with van der Waals surface area (Å²) in [5.74, 6) is -2.85. The largest absolute Gasteiger partial charge is 0.573 e. The van der Waals surface area contributed by atoms with Crippen LogP contribution in [0.15, 0.2) is 6.07 Å². The molecule has 0 aromatic carbocycles. The fourth-order valence-corrected chi connectivity index (χ4v) is 1.06. The first-order valence-corrected chi connectivity index (χ1v) is 4.23. The molecule has 7 nitrogen and oxygen atoms in total. The molecule has 0 aliphatic rings. The number of pyridine rings is 1. The van der Waals surface area contributed by atoms with Crippen LogP contribution in [0.1, 0.15) is 10.4 Å². The van der Waals surface area contributed by atoms with Crippen LogP contribution < -0.4 is 9.47 Å². The molecule has 98 valence electrons.